The zero-order valence-corrected chi connectivity index (χ0v) is 22.1. The fourth-order valence-corrected chi connectivity index (χ4v) is 5.48. The van der Waals surface area contributed by atoms with Crippen LogP contribution in [0.1, 0.15) is 61.0 Å². The van der Waals surface area contributed by atoms with Gasteiger partial charge in [-0.15, -0.1) is 0 Å². The van der Waals surface area contributed by atoms with Crippen molar-refractivity contribution >= 4 is 11.8 Å². The molecule has 2 atom stereocenters. The molecule has 2 fully saturated rings. The van der Waals surface area contributed by atoms with E-state index in [1.54, 1.807) is 12.1 Å². The first-order valence-corrected chi connectivity index (χ1v) is 13.7. The topological polar surface area (TPSA) is 93.2 Å². The molecule has 5 rings (SSSR count). The lowest BCUT2D eigenvalue weighted by atomic mass is 9.98. The number of unbranched alkanes of at least 4 members (excludes halogenated alkanes) is 1. The standard InChI is InChI=1S/C29H38FN3O5/c1-29(18-36-19-29)38-17-24-23(8-4-9-25(24)30)26(28(34)35)33-14-12-22(16-33)37-15-3-2-7-21-11-10-20-6-5-13-31-27(20)32-21/h4,8-11,22,26H,2-3,5-7,12-19H2,1H3,(H,31,32)(H,34,35)/t22-,26?/m1/s1. The van der Waals surface area contributed by atoms with Crippen LogP contribution in [0.4, 0.5) is 10.2 Å². The summed E-state index contributed by atoms with van der Waals surface area (Å²) in [6, 6.07) is 7.97. The highest BCUT2D eigenvalue weighted by Crippen LogP contribution is 2.32. The van der Waals surface area contributed by atoms with Crippen LogP contribution in [-0.2, 0) is 38.5 Å². The van der Waals surface area contributed by atoms with Gasteiger partial charge >= 0.3 is 5.97 Å². The van der Waals surface area contributed by atoms with Gasteiger partial charge in [0.25, 0.3) is 0 Å². The van der Waals surface area contributed by atoms with Crippen LogP contribution in [0.2, 0.25) is 0 Å². The van der Waals surface area contributed by atoms with Crippen LogP contribution in [0, 0.1) is 5.82 Å². The molecule has 3 aliphatic rings. The number of anilines is 1. The molecule has 1 aromatic carbocycles. The van der Waals surface area contributed by atoms with E-state index in [1.165, 1.54) is 11.6 Å². The van der Waals surface area contributed by atoms with E-state index < -0.39 is 23.4 Å². The number of carboxylic acid groups (broad SMARTS) is 1. The third-order valence-corrected chi connectivity index (χ3v) is 7.74. The summed E-state index contributed by atoms with van der Waals surface area (Å²) in [5.74, 6) is -0.417. The van der Waals surface area contributed by atoms with Crippen molar-refractivity contribution in [2.75, 3.05) is 44.8 Å². The van der Waals surface area contributed by atoms with Gasteiger partial charge in [-0.05, 0) is 68.7 Å². The summed E-state index contributed by atoms with van der Waals surface area (Å²) in [7, 11) is 0. The predicted molar refractivity (Wildman–Crippen MR) is 141 cm³/mol. The number of hydrogen-bond donors (Lipinski definition) is 2. The van der Waals surface area contributed by atoms with Crippen molar-refractivity contribution in [1.82, 2.24) is 9.88 Å². The minimum Gasteiger partial charge on any atom is -0.480 e. The highest BCUT2D eigenvalue weighted by Gasteiger charge is 2.38. The number of halogens is 1. The Morgan fingerprint density at radius 3 is 2.97 bits per heavy atom. The van der Waals surface area contributed by atoms with E-state index >= 15 is 0 Å². The first-order chi connectivity index (χ1) is 18.4. The zero-order chi connectivity index (χ0) is 26.5. The van der Waals surface area contributed by atoms with E-state index in [1.807, 2.05) is 11.8 Å². The van der Waals surface area contributed by atoms with Crippen LogP contribution in [0.15, 0.2) is 30.3 Å². The van der Waals surface area contributed by atoms with Gasteiger partial charge in [0, 0.05) is 37.5 Å². The molecule has 0 saturated carbocycles. The minimum absolute atomic E-state index is 0.00849. The van der Waals surface area contributed by atoms with Gasteiger partial charge in [0.2, 0.25) is 0 Å². The van der Waals surface area contributed by atoms with Gasteiger partial charge in [-0.3, -0.25) is 9.69 Å². The summed E-state index contributed by atoms with van der Waals surface area (Å²) >= 11 is 0. The number of nitrogens with one attached hydrogen (secondary N) is 1. The van der Waals surface area contributed by atoms with Gasteiger partial charge in [-0.25, -0.2) is 9.37 Å². The molecule has 0 bridgehead atoms. The van der Waals surface area contributed by atoms with E-state index in [0.29, 0.717) is 44.0 Å². The molecular formula is C29H38FN3O5. The minimum atomic E-state index is -0.997. The Balaban J connectivity index is 1.12. The first kappa shape index (κ1) is 27.0. The van der Waals surface area contributed by atoms with Crippen LogP contribution in [0.25, 0.3) is 0 Å². The molecule has 9 heteroatoms. The van der Waals surface area contributed by atoms with Crippen molar-refractivity contribution in [3.8, 4) is 0 Å². The number of likely N-dealkylation sites (tertiary alicyclic amines) is 1. The van der Waals surface area contributed by atoms with Crippen molar-refractivity contribution in [1.29, 1.82) is 0 Å². The summed E-state index contributed by atoms with van der Waals surface area (Å²) in [6.45, 7) is 5.51. The maximum absolute atomic E-state index is 14.8. The lowest BCUT2D eigenvalue weighted by molar-refractivity contribution is -0.205. The molecule has 8 nitrogen and oxygen atoms in total. The summed E-state index contributed by atoms with van der Waals surface area (Å²) in [4.78, 5) is 19.0. The maximum atomic E-state index is 14.8. The number of nitrogens with zero attached hydrogens (tertiary/aromatic N) is 2. The fourth-order valence-electron chi connectivity index (χ4n) is 5.48. The van der Waals surface area contributed by atoms with E-state index in [2.05, 4.69) is 17.4 Å². The molecule has 0 radical (unpaired) electrons. The smallest absolute Gasteiger partial charge is 0.325 e. The van der Waals surface area contributed by atoms with Crippen LogP contribution in [0.3, 0.4) is 0 Å². The van der Waals surface area contributed by atoms with Crippen LogP contribution in [0.5, 0.6) is 0 Å². The maximum Gasteiger partial charge on any atom is 0.325 e. The number of benzene rings is 1. The molecule has 4 heterocycles. The number of fused-ring (bicyclic) bond motifs is 1. The van der Waals surface area contributed by atoms with Crippen LogP contribution < -0.4 is 5.32 Å². The van der Waals surface area contributed by atoms with Gasteiger partial charge in [-0.1, -0.05) is 18.2 Å². The average Bonchev–Trinajstić information content (AvgIpc) is 3.35. The number of hydrogen-bond acceptors (Lipinski definition) is 7. The quantitative estimate of drug-likeness (QED) is 0.398. The van der Waals surface area contributed by atoms with E-state index in [0.717, 1.165) is 56.6 Å². The van der Waals surface area contributed by atoms with Crippen LogP contribution >= 0.6 is 0 Å². The Bertz CT molecular complexity index is 1130. The molecule has 1 unspecified atom stereocenters. The number of aromatic nitrogens is 1. The van der Waals surface area contributed by atoms with Crippen molar-refractivity contribution in [2.24, 2.45) is 0 Å². The molecule has 0 spiro atoms. The van der Waals surface area contributed by atoms with Gasteiger partial charge in [0.15, 0.2) is 0 Å². The largest absolute Gasteiger partial charge is 0.480 e. The molecule has 2 saturated heterocycles. The molecule has 2 aromatic rings. The number of aryl methyl sites for hydroxylation is 2. The molecule has 2 N–H and O–H groups in total. The fraction of sp³-hybridized carbons (Fsp3) is 0.586. The Morgan fingerprint density at radius 1 is 1.32 bits per heavy atom. The SMILES string of the molecule is CC1(OCc2c(F)cccc2C(C(=O)O)N2CC[C@@H](OCCCCc3ccc4c(n3)NCCC4)C2)COC1. The number of carboxylic acids is 1. The van der Waals surface area contributed by atoms with Crippen molar-refractivity contribution < 1.29 is 28.5 Å². The van der Waals surface area contributed by atoms with E-state index in [4.69, 9.17) is 19.2 Å². The number of pyridine rings is 1. The number of rotatable bonds is 12. The summed E-state index contributed by atoms with van der Waals surface area (Å²) < 4.78 is 32.1. The average molecular weight is 528 g/mol. The monoisotopic (exact) mass is 527 g/mol. The van der Waals surface area contributed by atoms with Gasteiger partial charge in [0.05, 0.1) is 25.9 Å². The van der Waals surface area contributed by atoms with Crippen LogP contribution in [-0.4, -0.2) is 72.1 Å². The van der Waals surface area contributed by atoms with Crippen molar-refractivity contribution in [2.45, 2.75) is 69.8 Å². The highest BCUT2D eigenvalue weighted by molar-refractivity contribution is 5.76. The third-order valence-electron chi connectivity index (χ3n) is 7.74. The third kappa shape index (κ3) is 6.34. The summed E-state index contributed by atoms with van der Waals surface area (Å²) in [5, 5.41) is 13.5. The van der Waals surface area contributed by atoms with Gasteiger partial charge in [0.1, 0.15) is 23.3 Å². The molecule has 38 heavy (non-hydrogen) atoms. The van der Waals surface area contributed by atoms with E-state index in [9.17, 15) is 14.3 Å². The van der Waals surface area contributed by atoms with Gasteiger partial charge < -0.3 is 24.6 Å². The molecule has 206 valence electrons. The molecule has 0 amide bonds. The predicted octanol–water partition coefficient (Wildman–Crippen LogP) is 4.12. The number of carbonyl (C=O) groups is 1. The summed E-state index contributed by atoms with van der Waals surface area (Å²) in [5.41, 5.74) is 2.67. The number of aliphatic carboxylic acids is 1. The molecular weight excluding hydrogens is 489 g/mol. The van der Waals surface area contributed by atoms with Crippen molar-refractivity contribution in [3.63, 3.8) is 0 Å². The highest BCUT2D eigenvalue weighted by atomic mass is 19.1. The zero-order valence-electron chi connectivity index (χ0n) is 22.1. The Morgan fingerprint density at radius 2 is 2.18 bits per heavy atom. The molecule has 1 aromatic heterocycles. The first-order valence-electron chi connectivity index (χ1n) is 13.7. The molecule has 3 aliphatic heterocycles. The van der Waals surface area contributed by atoms with E-state index in [-0.39, 0.29) is 12.7 Å². The normalized spacial score (nSPS) is 21.4. The Hall–Kier alpha value is -2.59. The second-order valence-electron chi connectivity index (χ2n) is 10.9. The second-order valence-corrected chi connectivity index (χ2v) is 10.9. The Labute approximate surface area is 223 Å². The Kier molecular flexibility index (Phi) is 8.57. The lowest BCUT2D eigenvalue weighted by Crippen LogP contribution is -2.49. The lowest BCUT2D eigenvalue weighted by Gasteiger charge is -2.38. The second kappa shape index (κ2) is 12.1. The van der Waals surface area contributed by atoms with Crippen molar-refractivity contribution in [3.05, 3.63) is 58.5 Å². The summed E-state index contributed by atoms with van der Waals surface area (Å²) in [6.07, 6.45) is 5.76. The number of ether oxygens (including phenoxy) is 3. The molecule has 0 aliphatic carbocycles. The van der Waals surface area contributed by atoms with Gasteiger partial charge in [-0.2, -0.15) is 0 Å².